The molecule has 0 aliphatic carbocycles. The first-order valence-corrected chi connectivity index (χ1v) is 6.33. The predicted molar refractivity (Wildman–Crippen MR) is 73.7 cm³/mol. The maximum absolute atomic E-state index is 9.53. The molecule has 0 bridgehead atoms. The molecule has 0 atom stereocenters. The zero-order valence-electron chi connectivity index (χ0n) is 11.9. The van der Waals surface area contributed by atoms with E-state index >= 15 is 0 Å². The zero-order chi connectivity index (χ0) is 13.5. The molecule has 0 saturated heterocycles. The minimum absolute atomic E-state index is 0.314. The predicted octanol–water partition coefficient (Wildman–Crippen LogP) is 3.99. The Morgan fingerprint density at radius 3 is 2.29 bits per heavy atom. The summed E-state index contributed by atoms with van der Waals surface area (Å²) in [7, 11) is 0. The average molecular weight is 238 g/mol. The van der Waals surface area contributed by atoms with E-state index < -0.39 is 5.60 Å². The van der Waals surface area contributed by atoms with Gasteiger partial charge in [-0.25, -0.2) is 0 Å². The molecule has 17 heavy (non-hydrogen) atoms. The SMILES string of the molecule is CC.CC(C)c1cccc(OCC(C)(C)O)c1. The van der Waals surface area contributed by atoms with Crippen molar-refractivity contribution >= 4 is 0 Å². The third-order valence-corrected chi connectivity index (χ3v) is 2.12. The molecule has 98 valence electrons. The van der Waals surface area contributed by atoms with Crippen molar-refractivity contribution in [2.45, 2.75) is 53.1 Å². The summed E-state index contributed by atoms with van der Waals surface area (Å²) in [6.45, 7) is 12.1. The highest BCUT2D eigenvalue weighted by molar-refractivity contribution is 5.30. The van der Waals surface area contributed by atoms with E-state index in [1.54, 1.807) is 13.8 Å². The van der Waals surface area contributed by atoms with Gasteiger partial charge in [0.1, 0.15) is 12.4 Å². The van der Waals surface area contributed by atoms with Crippen molar-refractivity contribution in [3.63, 3.8) is 0 Å². The van der Waals surface area contributed by atoms with Gasteiger partial charge in [-0.2, -0.15) is 0 Å². The molecule has 1 aromatic carbocycles. The highest BCUT2D eigenvalue weighted by Crippen LogP contribution is 2.20. The molecule has 0 amide bonds. The first-order valence-electron chi connectivity index (χ1n) is 6.33. The van der Waals surface area contributed by atoms with Crippen molar-refractivity contribution in [2.75, 3.05) is 6.61 Å². The second kappa shape index (κ2) is 7.33. The van der Waals surface area contributed by atoms with E-state index in [0.717, 1.165) is 5.75 Å². The molecule has 0 fully saturated rings. The van der Waals surface area contributed by atoms with Gasteiger partial charge in [-0.15, -0.1) is 0 Å². The Morgan fingerprint density at radius 2 is 1.82 bits per heavy atom. The number of hydrogen-bond donors (Lipinski definition) is 1. The first kappa shape index (κ1) is 16.0. The molecule has 1 aromatic rings. The minimum atomic E-state index is -0.784. The fourth-order valence-corrected chi connectivity index (χ4v) is 1.22. The van der Waals surface area contributed by atoms with Crippen LogP contribution in [0, 0.1) is 0 Å². The van der Waals surface area contributed by atoms with Gasteiger partial charge in [0.05, 0.1) is 5.60 Å². The van der Waals surface area contributed by atoms with Crippen LogP contribution in [0.3, 0.4) is 0 Å². The molecule has 2 nitrogen and oxygen atoms in total. The van der Waals surface area contributed by atoms with E-state index in [1.165, 1.54) is 5.56 Å². The van der Waals surface area contributed by atoms with Crippen LogP contribution >= 0.6 is 0 Å². The van der Waals surface area contributed by atoms with Crippen molar-refractivity contribution < 1.29 is 9.84 Å². The van der Waals surface area contributed by atoms with E-state index in [-0.39, 0.29) is 0 Å². The summed E-state index contributed by atoms with van der Waals surface area (Å²) in [5.41, 5.74) is 0.469. The first-order chi connectivity index (χ1) is 7.88. The molecule has 0 aliphatic rings. The van der Waals surface area contributed by atoms with Crippen LogP contribution in [0.1, 0.15) is 53.0 Å². The highest BCUT2D eigenvalue weighted by Gasteiger charge is 2.13. The lowest BCUT2D eigenvalue weighted by molar-refractivity contribution is 0.0284. The highest BCUT2D eigenvalue weighted by atomic mass is 16.5. The summed E-state index contributed by atoms with van der Waals surface area (Å²) in [6, 6.07) is 8.00. The smallest absolute Gasteiger partial charge is 0.119 e. The lowest BCUT2D eigenvalue weighted by atomic mass is 10.0. The standard InChI is InChI=1S/C13H20O2.C2H6/c1-10(2)11-6-5-7-12(8-11)15-9-13(3,4)14;1-2/h5-8,10,14H,9H2,1-4H3;1-2H3. The average Bonchev–Trinajstić information content (AvgIpc) is 2.28. The van der Waals surface area contributed by atoms with Crippen LogP contribution in [0.4, 0.5) is 0 Å². The Morgan fingerprint density at radius 1 is 1.24 bits per heavy atom. The lowest BCUT2D eigenvalue weighted by Crippen LogP contribution is -2.27. The normalized spacial score (nSPS) is 10.8. The van der Waals surface area contributed by atoms with E-state index in [9.17, 15) is 5.11 Å². The number of benzene rings is 1. The molecule has 0 heterocycles. The van der Waals surface area contributed by atoms with Crippen LogP contribution in [0.2, 0.25) is 0 Å². The van der Waals surface area contributed by atoms with Crippen LogP contribution in [-0.4, -0.2) is 17.3 Å². The fraction of sp³-hybridized carbons (Fsp3) is 0.600. The van der Waals surface area contributed by atoms with Crippen LogP contribution < -0.4 is 4.74 Å². The largest absolute Gasteiger partial charge is 0.491 e. The molecule has 2 heteroatoms. The summed E-state index contributed by atoms with van der Waals surface area (Å²) < 4.78 is 5.51. The summed E-state index contributed by atoms with van der Waals surface area (Å²) in [6.07, 6.45) is 0. The van der Waals surface area contributed by atoms with Crippen molar-refractivity contribution in [1.29, 1.82) is 0 Å². The molecule has 0 spiro atoms. The Balaban J connectivity index is 0.00000121. The Bertz CT molecular complexity index is 311. The van der Waals surface area contributed by atoms with Gasteiger partial charge in [-0.1, -0.05) is 39.8 Å². The van der Waals surface area contributed by atoms with Crippen molar-refractivity contribution in [3.8, 4) is 5.75 Å². The third-order valence-electron chi connectivity index (χ3n) is 2.12. The molecule has 0 radical (unpaired) electrons. The number of ether oxygens (including phenoxy) is 1. The van der Waals surface area contributed by atoms with Gasteiger partial charge in [-0.3, -0.25) is 0 Å². The maximum Gasteiger partial charge on any atom is 0.119 e. The summed E-state index contributed by atoms with van der Waals surface area (Å²) in [5, 5.41) is 9.53. The topological polar surface area (TPSA) is 29.5 Å². The quantitative estimate of drug-likeness (QED) is 0.859. The van der Waals surface area contributed by atoms with Crippen molar-refractivity contribution in [2.24, 2.45) is 0 Å². The molecule has 0 saturated carbocycles. The Labute approximate surface area is 106 Å². The zero-order valence-corrected chi connectivity index (χ0v) is 11.9. The molecule has 1 rings (SSSR count). The molecule has 0 aliphatic heterocycles. The van der Waals surface area contributed by atoms with E-state index in [0.29, 0.717) is 12.5 Å². The van der Waals surface area contributed by atoms with Crippen LogP contribution in [-0.2, 0) is 0 Å². The summed E-state index contributed by atoms with van der Waals surface area (Å²) in [5.74, 6) is 1.32. The molecule has 1 N–H and O–H groups in total. The molecule has 0 unspecified atom stereocenters. The minimum Gasteiger partial charge on any atom is -0.491 e. The van der Waals surface area contributed by atoms with Gasteiger partial charge in [0.25, 0.3) is 0 Å². The van der Waals surface area contributed by atoms with Crippen molar-refractivity contribution in [3.05, 3.63) is 29.8 Å². The van der Waals surface area contributed by atoms with Gasteiger partial charge in [0.15, 0.2) is 0 Å². The third kappa shape index (κ3) is 7.01. The van der Waals surface area contributed by atoms with Crippen LogP contribution in [0.15, 0.2) is 24.3 Å². The van der Waals surface area contributed by atoms with Gasteiger partial charge in [-0.05, 0) is 37.5 Å². The van der Waals surface area contributed by atoms with E-state index in [1.807, 2.05) is 32.0 Å². The number of hydrogen-bond acceptors (Lipinski definition) is 2. The van der Waals surface area contributed by atoms with Gasteiger partial charge in [0.2, 0.25) is 0 Å². The molecule has 0 aromatic heterocycles. The number of rotatable bonds is 4. The van der Waals surface area contributed by atoms with Gasteiger partial charge < -0.3 is 9.84 Å². The Kier molecular flexibility index (Phi) is 6.89. The lowest BCUT2D eigenvalue weighted by Gasteiger charge is -2.18. The van der Waals surface area contributed by atoms with E-state index in [4.69, 9.17) is 4.74 Å². The second-order valence-electron chi connectivity index (χ2n) is 4.83. The summed E-state index contributed by atoms with van der Waals surface area (Å²) in [4.78, 5) is 0. The maximum atomic E-state index is 9.53. The Hall–Kier alpha value is -1.02. The van der Waals surface area contributed by atoms with Crippen LogP contribution in [0.25, 0.3) is 0 Å². The van der Waals surface area contributed by atoms with Gasteiger partial charge >= 0.3 is 0 Å². The molecular weight excluding hydrogens is 212 g/mol. The van der Waals surface area contributed by atoms with Gasteiger partial charge in [0, 0.05) is 0 Å². The van der Waals surface area contributed by atoms with E-state index in [2.05, 4.69) is 19.9 Å². The molecular formula is C15H26O2. The van der Waals surface area contributed by atoms with Crippen molar-refractivity contribution in [1.82, 2.24) is 0 Å². The van der Waals surface area contributed by atoms with Crippen LogP contribution in [0.5, 0.6) is 5.75 Å². The second-order valence-corrected chi connectivity index (χ2v) is 4.83. The fourth-order valence-electron chi connectivity index (χ4n) is 1.22. The number of aliphatic hydroxyl groups is 1. The monoisotopic (exact) mass is 238 g/mol. The summed E-state index contributed by atoms with van der Waals surface area (Å²) >= 11 is 0.